The molecule has 1 aliphatic heterocycles. The number of hydrogen-bond donors (Lipinski definition) is 1. The maximum atomic E-state index is 12.8. The largest absolute Gasteiger partial charge is 0.465 e. The molecule has 1 aromatic carbocycles. The van der Waals surface area contributed by atoms with Crippen LogP contribution >= 0.6 is 0 Å². The summed E-state index contributed by atoms with van der Waals surface area (Å²) in [7, 11) is 0. The van der Waals surface area contributed by atoms with Crippen LogP contribution in [0.5, 0.6) is 0 Å². The normalized spacial score (nSPS) is 17.8. The van der Waals surface area contributed by atoms with Crippen molar-refractivity contribution < 1.29 is 14.0 Å². The minimum Gasteiger partial charge on any atom is -0.465 e. The number of nitrogens with zero attached hydrogens (tertiary/aromatic N) is 1. The molecule has 2 aromatic rings. The first kappa shape index (κ1) is 16.1. The number of carbonyl (C=O) groups is 2. The van der Waals surface area contributed by atoms with Gasteiger partial charge in [-0.25, -0.2) is 0 Å². The lowest BCUT2D eigenvalue weighted by molar-refractivity contribution is -0.126. The Labute approximate surface area is 141 Å². The van der Waals surface area contributed by atoms with Crippen molar-refractivity contribution in [2.24, 2.45) is 5.92 Å². The third-order valence-electron chi connectivity index (χ3n) is 4.06. The Balaban J connectivity index is 1.82. The van der Waals surface area contributed by atoms with Crippen molar-refractivity contribution in [3.8, 4) is 0 Å². The molecule has 1 aromatic heterocycles. The second-order valence-electron chi connectivity index (χ2n) is 6.04. The molecular weight excluding hydrogens is 304 g/mol. The molecule has 0 aliphatic carbocycles. The standard InChI is InChI=1S/C19H20N2O3/c1-14-9-10-21(13-14)19(23)17(12-16-8-5-11-24-16)20-18(22)15-6-3-2-4-7-15/h2-8,11-12,14H,9-10,13H2,1H3,(H,20,22)/b17-12-. The second-order valence-corrected chi connectivity index (χ2v) is 6.04. The zero-order valence-electron chi connectivity index (χ0n) is 13.6. The van der Waals surface area contributed by atoms with Gasteiger partial charge in [0.1, 0.15) is 11.5 Å². The van der Waals surface area contributed by atoms with E-state index in [-0.39, 0.29) is 17.5 Å². The van der Waals surface area contributed by atoms with Crippen molar-refractivity contribution in [2.75, 3.05) is 13.1 Å². The van der Waals surface area contributed by atoms with Gasteiger partial charge in [-0.3, -0.25) is 9.59 Å². The Hall–Kier alpha value is -2.82. The summed E-state index contributed by atoms with van der Waals surface area (Å²) in [4.78, 5) is 27.0. The highest BCUT2D eigenvalue weighted by Crippen LogP contribution is 2.18. The average molecular weight is 324 g/mol. The third kappa shape index (κ3) is 3.74. The highest BCUT2D eigenvalue weighted by Gasteiger charge is 2.27. The number of rotatable bonds is 4. The van der Waals surface area contributed by atoms with E-state index in [1.54, 1.807) is 47.4 Å². The molecule has 1 atom stereocenters. The van der Waals surface area contributed by atoms with Gasteiger partial charge in [0.05, 0.1) is 6.26 Å². The number of carbonyl (C=O) groups excluding carboxylic acids is 2. The quantitative estimate of drug-likeness (QED) is 0.880. The molecule has 0 spiro atoms. The lowest BCUT2D eigenvalue weighted by atomic mass is 10.2. The monoisotopic (exact) mass is 324 g/mol. The van der Waals surface area contributed by atoms with E-state index in [1.165, 1.54) is 6.26 Å². The van der Waals surface area contributed by atoms with Crippen LogP contribution in [0.3, 0.4) is 0 Å². The predicted octanol–water partition coefficient (Wildman–Crippen LogP) is 2.92. The van der Waals surface area contributed by atoms with Gasteiger partial charge >= 0.3 is 0 Å². The first-order valence-corrected chi connectivity index (χ1v) is 8.04. The predicted molar refractivity (Wildman–Crippen MR) is 91.0 cm³/mol. The first-order valence-electron chi connectivity index (χ1n) is 8.04. The van der Waals surface area contributed by atoms with Gasteiger partial charge in [0.2, 0.25) is 0 Å². The van der Waals surface area contributed by atoms with E-state index in [0.717, 1.165) is 6.42 Å². The van der Waals surface area contributed by atoms with Crippen molar-refractivity contribution in [3.05, 3.63) is 65.7 Å². The molecule has 1 unspecified atom stereocenters. The average Bonchev–Trinajstić information content (AvgIpc) is 3.26. The van der Waals surface area contributed by atoms with Crippen LogP contribution in [0.4, 0.5) is 0 Å². The maximum absolute atomic E-state index is 12.8. The Morgan fingerprint density at radius 2 is 2.00 bits per heavy atom. The fourth-order valence-electron chi connectivity index (χ4n) is 2.74. The van der Waals surface area contributed by atoms with Gasteiger partial charge in [0.25, 0.3) is 11.8 Å². The van der Waals surface area contributed by atoms with E-state index in [4.69, 9.17) is 4.42 Å². The first-order chi connectivity index (χ1) is 11.6. The van der Waals surface area contributed by atoms with Gasteiger partial charge in [-0.15, -0.1) is 0 Å². The van der Waals surface area contributed by atoms with Crippen LogP contribution in [0.2, 0.25) is 0 Å². The smallest absolute Gasteiger partial charge is 0.270 e. The highest BCUT2D eigenvalue weighted by molar-refractivity contribution is 6.05. The summed E-state index contributed by atoms with van der Waals surface area (Å²) in [6.07, 6.45) is 4.09. The van der Waals surface area contributed by atoms with Crippen LogP contribution in [0.15, 0.2) is 58.8 Å². The summed E-state index contributed by atoms with van der Waals surface area (Å²) in [6.45, 7) is 3.53. The van der Waals surface area contributed by atoms with Crippen LogP contribution in [-0.2, 0) is 4.79 Å². The Morgan fingerprint density at radius 3 is 2.62 bits per heavy atom. The lowest BCUT2D eigenvalue weighted by Gasteiger charge is -2.18. The topological polar surface area (TPSA) is 62.6 Å². The number of amides is 2. The molecule has 5 nitrogen and oxygen atoms in total. The molecule has 2 heterocycles. The summed E-state index contributed by atoms with van der Waals surface area (Å²) in [6, 6.07) is 12.3. The van der Waals surface area contributed by atoms with Crippen molar-refractivity contribution >= 4 is 17.9 Å². The van der Waals surface area contributed by atoms with E-state index >= 15 is 0 Å². The fourth-order valence-corrected chi connectivity index (χ4v) is 2.74. The van der Waals surface area contributed by atoms with E-state index in [1.807, 2.05) is 6.07 Å². The minimum absolute atomic E-state index is 0.181. The van der Waals surface area contributed by atoms with Crippen LogP contribution in [0, 0.1) is 5.92 Å². The summed E-state index contributed by atoms with van der Waals surface area (Å²) < 4.78 is 5.29. The van der Waals surface area contributed by atoms with Gasteiger partial charge < -0.3 is 14.6 Å². The van der Waals surface area contributed by atoms with Crippen LogP contribution < -0.4 is 5.32 Å². The Bertz CT molecular complexity index is 735. The number of hydrogen-bond acceptors (Lipinski definition) is 3. The molecule has 1 fully saturated rings. The summed E-state index contributed by atoms with van der Waals surface area (Å²) in [5, 5.41) is 2.73. The number of likely N-dealkylation sites (tertiary alicyclic amines) is 1. The number of benzene rings is 1. The molecule has 1 N–H and O–H groups in total. The highest BCUT2D eigenvalue weighted by atomic mass is 16.3. The third-order valence-corrected chi connectivity index (χ3v) is 4.06. The summed E-state index contributed by atoms with van der Waals surface area (Å²) in [5.41, 5.74) is 0.735. The second kappa shape index (κ2) is 7.17. The van der Waals surface area contributed by atoms with E-state index in [9.17, 15) is 9.59 Å². The molecule has 1 aliphatic rings. The zero-order chi connectivity index (χ0) is 16.9. The lowest BCUT2D eigenvalue weighted by Crippen LogP contribution is -2.37. The van der Waals surface area contributed by atoms with Gasteiger partial charge in [0, 0.05) is 24.7 Å². The Morgan fingerprint density at radius 1 is 1.21 bits per heavy atom. The van der Waals surface area contributed by atoms with Gasteiger partial charge in [0.15, 0.2) is 0 Å². The molecule has 124 valence electrons. The van der Waals surface area contributed by atoms with E-state index < -0.39 is 0 Å². The molecule has 24 heavy (non-hydrogen) atoms. The maximum Gasteiger partial charge on any atom is 0.270 e. The van der Waals surface area contributed by atoms with Crippen molar-refractivity contribution in [3.63, 3.8) is 0 Å². The van der Waals surface area contributed by atoms with E-state index in [2.05, 4.69) is 12.2 Å². The zero-order valence-corrected chi connectivity index (χ0v) is 13.6. The van der Waals surface area contributed by atoms with Crippen LogP contribution in [0.25, 0.3) is 6.08 Å². The molecule has 2 amide bonds. The van der Waals surface area contributed by atoms with Crippen LogP contribution in [0.1, 0.15) is 29.5 Å². The van der Waals surface area contributed by atoms with Crippen LogP contribution in [-0.4, -0.2) is 29.8 Å². The van der Waals surface area contributed by atoms with Crippen molar-refractivity contribution in [1.29, 1.82) is 0 Å². The SMILES string of the molecule is CC1CCN(C(=O)/C(=C/c2ccco2)NC(=O)c2ccccc2)C1. The Kier molecular flexibility index (Phi) is 4.79. The molecule has 0 saturated carbocycles. The van der Waals surface area contributed by atoms with Crippen molar-refractivity contribution in [1.82, 2.24) is 10.2 Å². The molecular formula is C19H20N2O3. The molecule has 3 rings (SSSR count). The molecule has 1 saturated heterocycles. The fraction of sp³-hybridized carbons (Fsp3) is 0.263. The van der Waals surface area contributed by atoms with Gasteiger partial charge in [-0.2, -0.15) is 0 Å². The molecule has 5 heteroatoms. The van der Waals surface area contributed by atoms with Gasteiger partial charge in [-0.05, 0) is 36.6 Å². The summed E-state index contributed by atoms with van der Waals surface area (Å²) in [5.74, 6) is 0.511. The number of nitrogens with one attached hydrogen (secondary N) is 1. The molecule has 0 radical (unpaired) electrons. The van der Waals surface area contributed by atoms with Crippen molar-refractivity contribution in [2.45, 2.75) is 13.3 Å². The van der Waals surface area contributed by atoms with Gasteiger partial charge in [-0.1, -0.05) is 25.1 Å². The van der Waals surface area contributed by atoms with E-state index in [0.29, 0.717) is 30.3 Å². The minimum atomic E-state index is -0.311. The number of furan rings is 1. The summed E-state index contributed by atoms with van der Waals surface area (Å²) >= 11 is 0. The molecule has 0 bridgehead atoms.